The fraction of sp³-hybridized carbons (Fsp3) is 0.263. The van der Waals surface area contributed by atoms with Crippen molar-refractivity contribution in [2.45, 2.75) is 25.6 Å². The molecule has 0 spiro atoms. The summed E-state index contributed by atoms with van der Waals surface area (Å²) >= 11 is 0. The number of ether oxygens (including phenoxy) is 1. The molecule has 0 unspecified atom stereocenters. The van der Waals surface area contributed by atoms with Crippen molar-refractivity contribution in [1.82, 2.24) is 16.0 Å². The van der Waals surface area contributed by atoms with E-state index in [1.807, 2.05) is 30.3 Å². The number of nitrogens with one attached hydrogen (secondary N) is 3. The molecule has 0 radical (unpaired) electrons. The van der Waals surface area contributed by atoms with Gasteiger partial charge in [0.1, 0.15) is 5.75 Å². The number of hydrogen-bond acceptors (Lipinski definition) is 4. The van der Waals surface area contributed by atoms with E-state index >= 15 is 0 Å². The SMILES string of the molecule is CNC(=O)NC(=O)[C@H](C)N[C@@H](c1ccccc1)c1ccc(OC(F)F)cc1. The van der Waals surface area contributed by atoms with Crippen LogP contribution in [0, 0.1) is 0 Å². The third-order valence-electron chi connectivity index (χ3n) is 3.85. The van der Waals surface area contributed by atoms with Gasteiger partial charge >= 0.3 is 12.6 Å². The number of hydrogen-bond donors (Lipinski definition) is 3. The lowest BCUT2D eigenvalue weighted by Gasteiger charge is -2.24. The van der Waals surface area contributed by atoms with Gasteiger partial charge in [-0.3, -0.25) is 15.4 Å². The average molecular weight is 377 g/mol. The second kappa shape index (κ2) is 9.63. The Morgan fingerprint density at radius 2 is 1.56 bits per heavy atom. The Hall–Kier alpha value is -3.00. The van der Waals surface area contributed by atoms with Crippen LogP contribution < -0.4 is 20.7 Å². The molecule has 0 aliphatic rings. The average Bonchev–Trinajstić information content (AvgIpc) is 2.66. The minimum atomic E-state index is -2.90. The van der Waals surface area contributed by atoms with Gasteiger partial charge in [0.15, 0.2) is 0 Å². The molecule has 144 valence electrons. The van der Waals surface area contributed by atoms with Gasteiger partial charge in [0.05, 0.1) is 12.1 Å². The van der Waals surface area contributed by atoms with E-state index in [-0.39, 0.29) is 5.75 Å². The lowest BCUT2D eigenvalue weighted by Crippen LogP contribution is -2.48. The van der Waals surface area contributed by atoms with E-state index in [2.05, 4.69) is 20.7 Å². The summed E-state index contributed by atoms with van der Waals surface area (Å²) in [6.45, 7) is -1.27. The van der Waals surface area contributed by atoms with E-state index in [1.165, 1.54) is 19.2 Å². The number of rotatable bonds is 7. The van der Waals surface area contributed by atoms with Gasteiger partial charge in [-0.15, -0.1) is 0 Å². The number of carbonyl (C=O) groups is 2. The van der Waals surface area contributed by atoms with Crippen molar-refractivity contribution in [2.24, 2.45) is 0 Å². The molecule has 3 amide bonds. The fourth-order valence-corrected chi connectivity index (χ4v) is 2.48. The zero-order chi connectivity index (χ0) is 19.8. The molecule has 2 aromatic rings. The molecule has 0 saturated heterocycles. The Morgan fingerprint density at radius 3 is 2.11 bits per heavy atom. The van der Waals surface area contributed by atoms with Crippen molar-refractivity contribution in [1.29, 1.82) is 0 Å². The smallest absolute Gasteiger partial charge is 0.387 e. The molecule has 3 N–H and O–H groups in total. The molecule has 0 aliphatic heterocycles. The Bertz CT molecular complexity index is 755. The maximum Gasteiger partial charge on any atom is 0.387 e. The van der Waals surface area contributed by atoms with E-state index in [9.17, 15) is 18.4 Å². The van der Waals surface area contributed by atoms with E-state index in [0.29, 0.717) is 0 Å². The van der Waals surface area contributed by atoms with Crippen molar-refractivity contribution in [3.63, 3.8) is 0 Å². The summed E-state index contributed by atoms with van der Waals surface area (Å²) in [5.74, 6) is -0.445. The van der Waals surface area contributed by atoms with Crippen LogP contribution in [-0.2, 0) is 4.79 Å². The number of halogens is 2. The number of carbonyl (C=O) groups excluding carboxylic acids is 2. The van der Waals surface area contributed by atoms with Crippen molar-refractivity contribution in [2.75, 3.05) is 7.05 Å². The van der Waals surface area contributed by atoms with Gasteiger partial charge in [-0.2, -0.15) is 8.78 Å². The number of urea groups is 1. The molecule has 0 bridgehead atoms. The Labute approximate surface area is 155 Å². The number of benzene rings is 2. The summed E-state index contributed by atoms with van der Waals surface area (Å²) < 4.78 is 29.0. The zero-order valence-corrected chi connectivity index (χ0v) is 14.9. The summed E-state index contributed by atoms with van der Waals surface area (Å²) in [6.07, 6.45) is 0. The first-order chi connectivity index (χ1) is 12.9. The highest BCUT2D eigenvalue weighted by atomic mass is 19.3. The maximum atomic E-state index is 12.3. The molecule has 0 aliphatic carbocycles. The van der Waals surface area contributed by atoms with Crippen molar-refractivity contribution in [3.05, 3.63) is 65.7 Å². The van der Waals surface area contributed by atoms with E-state index in [4.69, 9.17) is 0 Å². The Kier molecular flexibility index (Phi) is 7.25. The summed E-state index contributed by atoms with van der Waals surface area (Å²) in [4.78, 5) is 23.5. The summed E-state index contributed by atoms with van der Waals surface area (Å²) in [7, 11) is 1.41. The Balaban J connectivity index is 2.22. The second-order valence-corrected chi connectivity index (χ2v) is 5.75. The van der Waals surface area contributed by atoms with Gasteiger partial charge in [-0.05, 0) is 30.2 Å². The first-order valence-corrected chi connectivity index (χ1v) is 8.29. The standard InChI is InChI=1S/C19H21F2N3O3/c1-12(17(25)24-19(26)22-2)23-16(13-6-4-3-5-7-13)14-8-10-15(11-9-14)27-18(20)21/h3-12,16,18,23H,1-2H3,(H2,22,24,25,26)/t12-,16-/m0/s1. The van der Waals surface area contributed by atoms with Crippen LogP contribution in [0.4, 0.5) is 13.6 Å². The van der Waals surface area contributed by atoms with Crippen molar-refractivity contribution in [3.8, 4) is 5.75 Å². The predicted molar refractivity (Wildman–Crippen MR) is 96.6 cm³/mol. The number of alkyl halides is 2. The van der Waals surface area contributed by atoms with Gasteiger partial charge in [0.2, 0.25) is 5.91 Å². The van der Waals surface area contributed by atoms with Gasteiger partial charge in [-0.25, -0.2) is 4.79 Å². The van der Waals surface area contributed by atoms with Crippen LogP contribution in [0.5, 0.6) is 5.75 Å². The lowest BCUT2D eigenvalue weighted by molar-refractivity contribution is -0.121. The van der Waals surface area contributed by atoms with E-state index in [1.54, 1.807) is 19.1 Å². The first-order valence-electron chi connectivity index (χ1n) is 8.29. The highest BCUT2D eigenvalue weighted by Crippen LogP contribution is 2.25. The predicted octanol–water partition coefficient (Wildman–Crippen LogP) is 2.81. The molecular weight excluding hydrogens is 356 g/mol. The van der Waals surface area contributed by atoms with E-state index < -0.39 is 30.6 Å². The monoisotopic (exact) mass is 377 g/mol. The number of amides is 3. The molecule has 0 fully saturated rings. The number of imide groups is 1. The maximum absolute atomic E-state index is 12.3. The largest absolute Gasteiger partial charge is 0.435 e. The molecule has 6 nitrogen and oxygen atoms in total. The van der Waals surface area contributed by atoms with Crippen molar-refractivity contribution < 1.29 is 23.1 Å². The van der Waals surface area contributed by atoms with Crippen molar-refractivity contribution >= 4 is 11.9 Å². The molecule has 27 heavy (non-hydrogen) atoms. The van der Waals surface area contributed by atoms with Crippen LogP contribution in [0.15, 0.2) is 54.6 Å². The van der Waals surface area contributed by atoms with E-state index in [0.717, 1.165) is 11.1 Å². The second-order valence-electron chi connectivity index (χ2n) is 5.75. The van der Waals surface area contributed by atoms with Crippen LogP contribution >= 0.6 is 0 Å². The van der Waals surface area contributed by atoms with Gasteiger partial charge < -0.3 is 10.1 Å². The van der Waals surface area contributed by atoms with Crippen LogP contribution in [0.2, 0.25) is 0 Å². The summed E-state index contributed by atoms with van der Waals surface area (Å²) in [5, 5.41) is 7.69. The minimum absolute atomic E-state index is 0.0472. The van der Waals surface area contributed by atoms with Crippen LogP contribution in [0.3, 0.4) is 0 Å². The highest BCUT2D eigenvalue weighted by molar-refractivity contribution is 5.96. The van der Waals surface area contributed by atoms with Crippen LogP contribution in [-0.4, -0.2) is 31.6 Å². The van der Waals surface area contributed by atoms with Crippen LogP contribution in [0.25, 0.3) is 0 Å². The molecular formula is C19H21F2N3O3. The highest BCUT2D eigenvalue weighted by Gasteiger charge is 2.22. The normalized spacial score (nSPS) is 12.9. The fourth-order valence-electron chi connectivity index (χ4n) is 2.48. The molecule has 0 saturated carbocycles. The van der Waals surface area contributed by atoms with Gasteiger partial charge in [0, 0.05) is 7.05 Å². The first kappa shape index (κ1) is 20.3. The third-order valence-corrected chi connectivity index (χ3v) is 3.85. The third kappa shape index (κ3) is 6.03. The quantitative estimate of drug-likeness (QED) is 0.693. The minimum Gasteiger partial charge on any atom is -0.435 e. The molecule has 0 aromatic heterocycles. The van der Waals surface area contributed by atoms with Crippen LogP contribution in [0.1, 0.15) is 24.1 Å². The molecule has 2 aromatic carbocycles. The molecule has 8 heteroatoms. The molecule has 0 heterocycles. The van der Waals surface area contributed by atoms with Gasteiger partial charge in [0.25, 0.3) is 0 Å². The summed E-state index contributed by atoms with van der Waals surface area (Å²) in [5.41, 5.74) is 1.63. The zero-order valence-electron chi connectivity index (χ0n) is 14.9. The molecule has 2 rings (SSSR count). The Morgan fingerprint density at radius 1 is 0.963 bits per heavy atom. The lowest BCUT2D eigenvalue weighted by atomic mass is 9.97. The molecule has 2 atom stereocenters. The van der Waals surface area contributed by atoms with Gasteiger partial charge in [-0.1, -0.05) is 42.5 Å². The topological polar surface area (TPSA) is 79.5 Å². The summed E-state index contributed by atoms with van der Waals surface area (Å²) in [6, 6.07) is 13.8.